The van der Waals surface area contributed by atoms with E-state index in [4.69, 9.17) is 0 Å². The van der Waals surface area contributed by atoms with Crippen molar-refractivity contribution in [3.63, 3.8) is 0 Å². The Bertz CT molecular complexity index is 457. The summed E-state index contributed by atoms with van der Waals surface area (Å²) in [6.07, 6.45) is 4.63. The molecule has 1 aromatic carbocycles. The molecule has 2 rings (SSSR count). The van der Waals surface area contributed by atoms with Gasteiger partial charge in [0, 0.05) is 0 Å². The first-order chi connectivity index (χ1) is 8.15. The van der Waals surface area contributed by atoms with Crippen molar-refractivity contribution in [2.75, 3.05) is 0 Å². The van der Waals surface area contributed by atoms with Gasteiger partial charge >= 0.3 is 11.9 Å². The monoisotopic (exact) mass is 230 g/mol. The van der Waals surface area contributed by atoms with E-state index >= 15 is 0 Å². The molecule has 0 bridgehead atoms. The van der Waals surface area contributed by atoms with Crippen molar-refractivity contribution >= 4 is 18.0 Å². The van der Waals surface area contributed by atoms with E-state index < -0.39 is 11.9 Å². The zero-order chi connectivity index (χ0) is 12.3. The smallest absolute Gasteiger partial charge is 0.317 e. The number of cyclic esters (lactones) is 2. The Morgan fingerprint density at radius 1 is 1.29 bits per heavy atom. The van der Waals surface area contributed by atoms with Gasteiger partial charge in [0.1, 0.15) is 0 Å². The fraction of sp³-hybridized carbons (Fsp3) is 0.286. The third kappa shape index (κ3) is 3.03. The first-order valence-corrected chi connectivity index (χ1v) is 5.63. The first-order valence-electron chi connectivity index (χ1n) is 5.63. The van der Waals surface area contributed by atoms with Crippen molar-refractivity contribution in [3.05, 3.63) is 41.5 Å². The van der Waals surface area contributed by atoms with Crippen LogP contribution in [0.2, 0.25) is 0 Å². The summed E-state index contributed by atoms with van der Waals surface area (Å²) in [5.41, 5.74) is 2.31. The van der Waals surface area contributed by atoms with Crippen LogP contribution in [-0.2, 0) is 14.3 Å². The molecule has 1 aliphatic rings. The Balaban J connectivity index is 1.92. The second-order valence-corrected chi connectivity index (χ2v) is 4.24. The molecule has 1 heterocycles. The molecule has 3 nitrogen and oxygen atoms in total. The molecule has 0 aliphatic carbocycles. The molecule has 17 heavy (non-hydrogen) atoms. The summed E-state index contributed by atoms with van der Waals surface area (Å²) in [5.74, 6) is -1.11. The predicted molar refractivity (Wildman–Crippen MR) is 64.0 cm³/mol. The highest BCUT2D eigenvalue weighted by Gasteiger charge is 2.31. The lowest BCUT2D eigenvalue weighted by Gasteiger charge is -1.98. The lowest BCUT2D eigenvalue weighted by Crippen LogP contribution is -2.05. The van der Waals surface area contributed by atoms with Crippen molar-refractivity contribution < 1.29 is 14.3 Å². The van der Waals surface area contributed by atoms with Gasteiger partial charge in [0.15, 0.2) is 0 Å². The fourth-order valence-electron chi connectivity index (χ4n) is 1.75. The molecule has 88 valence electrons. The average Bonchev–Trinajstić information content (AvgIpc) is 2.60. The van der Waals surface area contributed by atoms with Gasteiger partial charge in [-0.05, 0) is 18.9 Å². The number of rotatable bonds is 3. The van der Waals surface area contributed by atoms with Crippen LogP contribution >= 0.6 is 0 Å². The molecular formula is C14H14O3. The summed E-state index contributed by atoms with van der Waals surface area (Å²) in [6.45, 7) is 2.04. The van der Waals surface area contributed by atoms with Crippen molar-refractivity contribution in [1.82, 2.24) is 0 Å². The molecular weight excluding hydrogens is 216 g/mol. The van der Waals surface area contributed by atoms with Gasteiger partial charge in [-0.1, -0.05) is 42.0 Å². The van der Waals surface area contributed by atoms with E-state index in [1.54, 1.807) is 0 Å². The van der Waals surface area contributed by atoms with Crippen LogP contribution < -0.4 is 0 Å². The SMILES string of the molecule is Cc1ccc(/C=C/CC2CC(=O)OC2=O)cc1. The van der Waals surface area contributed by atoms with Gasteiger partial charge in [0.25, 0.3) is 0 Å². The van der Waals surface area contributed by atoms with Crippen LogP contribution in [0.5, 0.6) is 0 Å². The van der Waals surface area contributed by atoms with Crippen molar-refractivity contribution in [2.24, 2.45) is 5.92 Å². The van der Waals surface area contributed by atoms with Crippen LogP contribution in [0.3, 0.4) is 0 Å². The Morgan fingerprint density at radius 3 is 2.59 bits per heavy atom. The number of ether oxygens (including phenoxy) is 1. The molecule has 0 spiro atoms. The third-order valence-corrected chi connectivity index (χ3v) is 2.77. The summed E-state index contributed by atoms with van der Waals surface area (Å²) < 4.78 is 4.48. The quantitative estimate of drug-likeness (QED) is 0.592. The third-order valence-electron chi connectivity index (χ3n) is 2.77. The number of benzene rings is 1. The number of hydrogen-bond donors (Lipinski definition) is 0. The second-order valence-electron chi connectivity index (χ2n) is 4.24. The van der Waals surface area contributed by atoms with Gasteiger partial charge < -0.3 is 4.74 Å². The summed E-state index contributed by atoms with van der Waals surface area (Å²) in [7, 11) is 0. The predicted octanol–water partition coefficient (Wildman–Crippen LogP) is 2.49. The molecule has 1 unspecified atom stereocenters. The Hall–Kier alpha value is -1.90. The maximum Gasteiger partial charge on any atom is 0.317 e. The minimum absolute atomic E-state index is 0.205. The van der Waals surface area contributed by atoms with E-state index in [-0.39, 0.29) is 12.3 Å². The van der Waals surface area contributed by atoms with Gasteiger partial charge in [-0.15, -0.1) is 0 Å². The molecule has 1 aromatic rings. The van der Waals surface area contributed by atoms with Crippen LogP contribution in [0, 0.1) is 12.8 Å². The van der Waals surface area contributed by atoms with Crippen LogP contribution in [0.1, 0.15) is 24.0 Å². The second kappa shape index (κ2) is 4.95. The van der Waals surface area contributed by atoms with Crippen LogP contribution in [0.25, 0.3) is 6.08 Å². The summed E-state index contributed by atoms with van der Waals surface area (Å²) in [5, 5.41) is 0. The molecule has 0 saturated carbocycles. The minimum Gasteiger partial charge on any atom is -0.393 e. The number of hydrogen-bond acceptors (Lipinski definition) is 3. The van der Waals surface area contributed by atoms with Gasteiger partial charge in [-0.3, -0.25) is 9.59 Å². The summed E-state index contributed by atoms with van der Waals surface area (Å²) >= 11 is 0. The molecule has 0 aromatic heterocycles. The standard InChI is InChI=1S/C14H14O3/c1-10-5-7-11(8-6-10)3-2-4-12-9-13(15)17-14(12)16/h2-3,5-8,12H,4,9H2,1H3/b3-2+. The van der Waals surface area contributed by atoms with E-state index in [2.05, 4.69) is 4.74 Å². The lowest BCUT2D eigenvalue weighted by molar-refractivity contribution is -0.153. The van der Waals surface area contributed by atoms with Crippen molar-refractivity contribution in [2.45, 2.75) is 19.8 Å². The maximum atomic E-state index is 11.2. The van der Waals surface area contributed by atoms with Crippen LogP contribution in [0.4, 0.5) is 0 Å². The average molecular weight is 230 g/mol. The number of allylic oxidation sites excluding steroid dienone is 1. The Morgan fingerprint density at radius 2 is 2.00 bits per heavy atom. The minimum atomic E-state index is -0.413. The zero-order valence-electron chi connectivity index (χ0n) is 9.68. The first kappa shape index (κ1) is 11.6. The number of esters is 2. The van der Waals surface area contributed by atoms with Crippen LogP contribution in [-0.4, -0.2) is 11.9 Å². The van der Waals surface area contributed by atoms with Gasteiger partial charge in [0.05, 0.1) is 12.3 Å². The van der Waals surface area contributed by atoms with E-state index in [1.807, 2.05) is 43.3 Å². The zero-order valence-corrected chi connectivity index (χ0v) is 9.68. The van der Waals surface area contributed by atoms with E-state index in [0.717, 1.165) is 5.56 Å². The lowest BCUT2D eigenvalue weighted by atomic mass is 10.0. The van der Waals surface area contributed by atoms with Gasteiger partial charge in [0.2, 0.25) is 0 Å². The molecule has 3 heteroatoms. The van der Waals surface area contributed by atoms with Crippen molar-refractivity contribution in [3.8, 4) is 0 Å². The van der Waals surface area contributed by atoms with Crippen LogP contribution in [0.15, 0.2) is 30.3 Å². The van der Waals surface area contributed by atoms with E-state index in [9.17, 15) is 9.59 Å². The highest BCUT2D eigenvalue weighted by Crippen LogP contribution is 2.20. The molecule has 0 amide bonds. The molecule has 1 saturated heterocycles. The molecule has 1 atom stereocenters. The number of aryl methyl sites for hydroxylation is 1. The molecule has 0 N–H and O–H groups in total. The Labute approximate surface area is 100 Å². The molecule has 1 aliphatic heterocycles. The summed E-state index contributed by atoms with van der Waals surface area (Å²) in [6, 6.07) is 8.11. The number of carbonyl (C=O) groups is 2. The van der Waals surface area contributed by atoms with Gasteiger partial charge in [-0.2, -0.15) is 0 Å². The van der Waals surface area contributed by atoms with Crippen molar-refractivity contribution in [1.29, 1.82) is 0 Å². The Kier molecular flexibility index (Phi) is 3.38. The van der Waals surface area contributed by atoms with E-state index in [1.165, 1.54) is 5.56 Å². The highest BCUT2D eigenvalue weighted by molar-refractivity contribution is 5.94. The summed E-state index contributed by atoms with van der Waals surface area (Å²) in [4.78, 5) is 22.1. The molecule has 1 fully saturated rings. The maximum absolute atomic E-state index is 11.2. The topological polar surface area (TPSA) is 43.4 Å². The van der Waals surface area contributed by atoms with E-state index in [0.29, 0.717) is 6.42 Å². The van der Waals surface area contributed by atoms with Gasteiger partial charge in [-0.25, -0.2) is 0 Å². The number of carbonyl (C=O) groups excluding carboxylic acids is 2. The normalized spacial score (nSPS) is 19.9. The molecule has 0 radical (unpaired) electrons. The highest BCUT2D eigenvalue weighted by atomic mass is 16.6. The fourth-order valence-corrected chi connectivity index (χ4v) is 1.75. The largest absolute Gasteiger partial charge is 0.393 e.